The summed E-state index contributed by atoms with van der Waals surface area (Å²) in [6, 6.07) is 5.21. The monoisotopic (exact) mass is 429 g/mol. The van der Waals surface area contributed by atoms with Crippen LogP contribution in [0, 0.1) is 0 Å². The van der Waals surface area contributed by atoms with E-state index in [4.69, 9.17) is 19.4 Å². The predicted octanol–water partition coefficient (Wildman–Crippen LogP) is 2.73. The molecular weight excluding hydrogens is 398 g/mol. The Kier molecular flexibility index (Phi) is 5.77. The van der Waals surface area contributed by atoms with Gasteiger partial charge in [-0.25, -0.2) is 9.97 Å². The molecule has 0 bridgehead atoms. The summed E-state index contributed by atoms with van der Waals surface area (Å²) in [6.07, 6.45) is 5.68. The SMILES string of the molecule is C[C@@H]1CN(Cc2cnc(-c3cccnc3N3CCC4(CC3)OCCO4)s2)C[C@H](C)N1. The fraction of sp³-hybridized carbons (Fsp3) is 0.636. The van der Waals surface area contributed by atoms with Crippen LogP contribution < -0.4 is 10.2 Å². The van der Waals surface area contributed by atoms with Gasteiger partial charge in [0.05, 0.1) is 18.8 Å². The molecule has 2 aromatic rings. The van der Waals surface area contributed by atoms with Gasteiger partial charge in [0.15, 0.2) is 5.79 Å². The Morgan fingerprint density at radius 2 is 1.87 bits per heavy atom. The van der Waals surface area contributed by atoms with Gasteiger partial charge in [-0.2, -0.15) is 0 Å². The highest BCUT2D eigenvalue weighted by Crippen LogP contribution is 2.37. The lowest BCUT2D eigenvalue weighted by atomic mass is 10.0. The largest absolute Gasteiger partial charge is 0.356 e. The number of nitrogens with zero attached hydrogens (tertiary/aromatic N) is 4. The normalized spacial score (nSPS) is 27.1. The van der Waals surface area contributed by atoms with E-state index in [0.29, 0.717) is 25.3 Å². The van der Waals surface area contributed by atoms with Crippen molar-refractivity contribution < 1.29 is 9.47 Å². The van der Waals surface area contributed by atoms with Crippen LogP contribution in [0.5, 0.6) is 0 Å². The first kappa shape index (κ1) is 20.3. The first-order valence-electron chi connectivity index (χ1n) is 11.0. The van der Waals surface area contributed by atoms with Crippen molar-refractivity contribution in [1.29, 1.82) is 0 Å². The number of hydrogen-bond donors (Lipinski definition) is 1. The summed E-state index contributed by atoms with van der Waals surface area (Å²) < 4.78 is 11.8. The fourth-order valence-electron chi connectivity index (χ4n) is 4.96. The van der Waals surface area contributed by atoms with E-state index in [1.165, 1.54) is 4.88 Å². The lowest BCUT2D eigenvalue weighted by Gasteiger charge is -2.38. The van der Waals surface area contributed by atoms with Crippen LogP contribution >= 0.6 is 11.3 Å². The van der Waals surface area contributed by atoms with Crippen LogP contribution in [0.25, 0.3) is 10.6 Å². The number of aromatic nitrogens is 2. The third kappa shape index (κ3) is 4.24. The van der Waals surface area contributed by atoms with Gasteiger partial charge in [0, 0.05) is 74.9 Å². The summed E-state index contributed by atoms with van der Waals surface area (Å²) >= 11 is 1.79. The number of pyridine rings is 1. The standard InChI is InChI=1S/C22H31N5O2S/c1-16-13-26(14-17(2)25-16)15-18-12-24-21(30-18)19-4-3-7-23-20(19)27-8-5-22(6-9-27)28-10-11-29-22/h3-4,7,12,16-17,25H,5-6,8-11,13-15H2,1-2H3/t16-,17+. The first-order valence-corrected chi connectivity index (χ1v) is 11.8. The third-order valence-electron chi connectivity index (χ3n) is 6.22. The molecule has 0 unspecified atom stereocenters. The number of thiazole rings is 1. The Morgan fingerprint density at radius 1 is 1.13 bits per heavy atom. The highest BCUT2D eigenvalue weighted by molar-refractivity contribution is 7.15. The zero-order valence-corrected chi connectivity index (χ0v) is 18.7. The molecule has 0 aliphatic carbocycles. The van der Waals surface area contributed by atoms with E-state index in [2.05, 4.69) is 35.0 Å². The Morgan fingerprint density at radius 3 is 2.60 bits per heavy atom. The van der Waals surface area contributed by atoms with E-state index in [1.807, 2.05) is 18.5 Å². The zero-order valence-electron chi connectivity index (χ0n) is 17.8. The van der Waals surface area contributed by atoms with Crippen molar-refractivity contribution in [3.05, 3.63) is 29.4 Å². The third-order valence-corrected chi connectivity index (χ3v) is 7.24. The molecule has 3 aliphatic heterocycles. The quantitative estimate of drug-likeness (QED) is 0.802. The number of piperazine rings is 1. The summed E-state index contributed by atoms with van der Waals surface area (Å²) in [6.45, 7) is 10.8. The maximum Gasteiger partial charge on any atom is 0.171 e. The van der Waals surface area contributed by atoms with Crippen LogP contribution in [-0.2, 0) is 16.0 Å². The van der Waals surface area contributed by atoms with Crippen LogP contribution in [0.15, 0.2) is 24.5 Å². The number of ether oxygens (including phenoxy) is 2. The van der Waals surface area contributed by atoms with Crippen LogP contribution in [0.1, 0.15) is 31.6 Å². The lowest BCUT2D eigenvalue weighted by Crippen LogP contribution is -2.53. The molecule has 0 saturated carbocycles. The van der Waals surface area contributed by atoms with Crippen LogP contribution in [0.4, 0.5) is 5.82 Å². The minimum absolute atomic E-state index is 0.364. The van der Waals surface area contributed by atoms with Crippen molar-refractivity contribution in [2.75, 3.05) is 44.3 Å². The number of anilines is 1. The summed E-state index contributed by atoms with van der Waals surface area (Å²) in [5.41, 5.74) is 1.13. The molecule has 1 spiro atoms. The van der Waals surface area contributed by atoms with E-state index >= 15 is 0 Å². The van der Waals surface area contributed by atoms with Gasteiger partial charge in [-0.15, -0.1) is 11.3 Å². The molecule has 7 nitrogen and oxygen atoms in total. The van der Waals surface area contributed by atoms with Crippen molar-refractivity contribution >= 4 is 17.2 Å². The Balaban J connectivity index is 1.30. The van der Waals surface area contributed by atoms with Crippen molar-refractivity contribution in [3.8, 4) is 10.6 Å². The van der Waals surface area contributed by atoms with Crippen LogP contribution in [0.3, 0.4) is 0 Å². The molecule has 1 N–H and O–H groups in total. The summed E-state index contributed by atoms with van der Waals surface area (Å²) in [5, 5.41) is 4.66. The Labute approximate surface area is 182 Å². The molecule has 0 aromatic carbocycles. The van der Waals surface area contributed by atoms with Gasteiger partial charge >= 0.3 is 0 Å². The molecule has 8 heteroatoms. The summed E-state index contributed by atoms with van der Waals surface area (Å²) in [7, 11) is 0. The van der Waals surface area contributed by atoms with Gasteiger partial charge in [-0.05, 0) is 26.0 Å². The van der Waals surface area contributed by atoms with Crippen molar-refractivity contribution in [3.63, 3.8) is 0 Å². The predicted molar refractivity (Wildman–Crippen MR) is 119 cm³/mol. The van der Waals surface area contributed by atoms with E-state index in [9.17, 15) is 0 Å². The number of piperidine rings is 1. The van der Waals surface area contributed by atoms with Gasteiger partial charge in [0.2, 0.25) is 0 Å². The second-order valence-corrected chi connectivity index (χ2v) is 9.88. The number of rotatable bonds is 4. The lowest BCUT2D eigenvalue weighted by molar-refractivity contribution is -0.169. The molecule has 2 aromatic heterocycles. The molecular formula is C22H31N5O2S. The van der Waals surface area contributed by atoms with Gasteiger partial charge in [-0.3, -0.25) is 4.90 Å². The minimum Gasteiger partial charge on any atom is -0.356 e. The maximum atomic E-state index is 5.88. The van der Waals surface area contributed by atoms with Gasteiger partial charge in [0.25, 0.3) is 0 Å². The van der Waals surface area contributed by atoms with Gasteiger partial charge < -0.3 is 19.7 Å². The van der Waals surface area contributed by atoms with Gasteiger partial charge in [-0.1, -0.05) is 0 Å². The average molecular weight is 430 g/mol. The Bertz CT molecular complexity index is 849. The highest BCUT2D eigenvalue weighted by atomic mass is 32.1. The number of nitrogens with one attached hydrogen (secondary N) is 1. The van der Waals surface area contributed by atoms with Crippen molar-refractivity contribution in [2.24, 2.45) is 0 Å². The molecule has 0 radical (unpaired) electrons. The maximum absolute atomic E-state index is 5.88. The Hall–Kier alpha value is -1.58. The van der Waals surface area contributed by atoms with Crippen molar-refractivity contribution in [1.82, 2.24) is 20.2 Å². The summed E-state index contributed by atoms with van der Waals surface area (Å²) in [5.74, 6) is 0.660. The van der Waals surface area contributed by atoms with Crippen LogP contribution in [-0.4, -0.2) is 72.1 Å². The molecule has 3 fully saturated rings. The molecule has 3 saturated heterocycles. The molecule has 5 heterocycles. The molecule has 2 atom stereocenters. The van der Waals surface area contributed by atoms with Gasteiger partial charge in [0.1, 0.15) is 10.8 Å². The second-order valence-electron chi connectivity index (χ2n) is 8.76. The van der Waals surface area contributed by atoms with E-state index in [1.54, 1.807) is 11.3 Å². The molecule has 162 valence electrons. The highest BCUT2D eigenvalue weighted by Gasteiger charge is 2.40. The first-order chi connectivity index (χ1) is 14.6. The van der Waals surface area contributed by atoms with E-state index in [-0.39, 0.29) is 5.79 Å². The average Bonchev–Trinajstić information content (AvgIpc) is 3.38. The fourth-order valence-corrected chi connectivity index (χ4v) is 5.93. The van der Waals surface area contributed by atoms with E-state index < -0.39 is 0 Å². The van der Waals surface area contributed by atoms with E-state index in [0.717, 1.165) is 62.0 Å². The molecule has 30 heavy (non-hydrogen) atoms. The molecule has 3 aliphatic rings. The zero-order chi connectivity index (χ0) is 20.6. The summed E-state index contributed by atoms with van der Waals surface area (Å²) in [4.78, 5) is 15.7. The number of hydrogen-bond acceptors (Lipinski definition) is 8. The van der Waals surface area contributed by atoms with Crippen LogP contribution in [0.2, 0.25) is 0 Å². The topological polar surface area (TPSA) is 62.8 Å². The molecule has 0 amide bonds. The minimum atomic E-state index is -0.364. The molecule has 5 rings (SSSR count). The van der Waals surface area contributed by atoms with Crippen molar-refractivity contribution in [2.45, 2.75) is 51.1 Å². The smallest absolute Gasteiger partial charge is 0.171 e. The second kappa shape index (κ2) is 8.51.